The molecular weight excluding hydrogens is 218 g/mol. The molecule has 3 unspecified atom stereocenters. The second-order valence-corrected chi connectivity index (χ2v) is 7.51. The molecule has 1 saturated carbocycles. The van der Waals surface area contributed by atoms with Gasteiger partial charge in [-0.15, -0.1) is 0 Å². The van der Waals surface area contributed by atoms with Crippen LogP contribution in [-0.4, -0.2) is 13.1 Å². The minimum atomic E-state index is 0.502. The first-order valence-corrected chi connectivity index (χ1v) is 8.17. The molecule has 0 amide bonds. The van der Waals surface area contributed by atoms with Gasteiger partial charge in [0.2, 0.25) is 0 Å². The maximum Gasteiger partial charge on any atom is -0.00180 e. The van der Waals surface area contributed by atoms with Gasteiger partial charge in [-0.2, -0.15) is 0 Å². The molecule has 18 heavy (non-hydrogen) atoms. The van der Waals surface area contributed by atoms with Crippen LogP contribution in [0.4, 0.5) is 0 Å². The minimum Gasteiger partial charge on any atom is -0.317 e. The Bertz CT molecular complexity index is 216. The summed E-state index contributed by atoms with van der Waals surface area (Å²) in [6, 6.07) is 0. The topological polar surface area (TPSA) is 12.0 Å². The Labute approximate surface area is 115 Å². The SMILES string of the molecule is CCNCC1CCC(CC)CC1CCC(C)(C)C. The van der Waals surface area contributed by atoms with Gasteiger partial charge in [-0.05, 0) is 61.9 Å². The molecule has 1 fully saturated rings. The van der Waals surface area contributed by atoms with Crippen molar-refractivity contribution in [1.82, 2.24) is 5.32 Å². The summed E-state index contributed by atoms with van der Waals surface area (Å²) in [4.78, 5) is 0. The zero-order valence-electron chi connectivity index (χ0n) is 13.4. The van der Waals surface area contributed by atoms with E-state index < -0.39 is 0 Å². The number of nitrogens with one attached hydrogen (secondary N) is 1. The summed E-state index contributed by atoms with van der Waals surface area (Å²) in [6.07, 6.45) is 8.63. The molecule has 0 heterocycles. The first kappa shape index (κ1) is 16.0. The smallest absolute Gasteiger partial charge is 0.00180 e. The van der Waals surface area contributed by atoms with E-state index in [2.05, 4.69) is 39.9 Å². The van der Waals surface area contributed by atoms with Gasteiger partial charge in [-0.25, -0.2) is 0 Å². The summed E-state index contributed by atoms with van der Waals surface area (Å²) in [5.41, 5.74) is 0.502. The Hall–Kier alpha value is -0.0400. The second kappa shape index (κ2) is 7.53. The van der Waals surface area contributed by atoms with Crippen LogP contribution in [-0.2, 0) is 0 Å². The Morgan fingerprint density at radius 3 is 2.33 bits per heavy atom. The molecule has 1 rings (SSSR count). The van der Waals surface area contributed by atoms with Gasteiger partial charge in [0, 0.05) is 0 Å². The normalized spacial score (nSPS) is 29.5. The van der Waals surface area contributed by atoms with Crippen molar-refractivity contribution >= 4 is 0 Å². The van der Waals surface area contributed by atoms with Gasteiger partial charge in [0.25, 0.3) is 0 Å². The molecule has 0 spiro atoms. The highest BCUT2D eigenvalue weighted by atomic mass is 14.8. The van der Waals surface area contributed by atoms with Crippen LogP contribution in [0.1, 0.15) is 73.1 Å². The molecule has 1 nitrogen and oxygen atoms in total. The van der Waals surface area contributed by atoms with Crippen LogP contribution in [0.2, 0.25) is 0 Å². The van der Waals surface area contributed by atoms with Gasteiger partial charge in [0.15, 0.2) is 0 Å². The molecule has 0 aliphatic heterocycles. The molecule has 1 aliphatic rings. The van der Waals surface area contributed by atoms with E-state index in [4.69, 9.17) is 0 Å². The molecular formula is C17H35N. The largest absolute Gasteiger partial charge is 0.317 e. The number of rotatable bonds is 6. The lowest BCUT2D eigenvalue weighted by molar-refractivity contribution is 0.148. The molecule has 0 bridgehead atoms. The van der Waals surface area contributed by atoms with Crippen molar-refractivity contribution in [3.8, 4) is 0 Å². The fourth-order valence-electron chi connectivity index (χ4n) is 3.37. The van der Waals surface area contributed by atoms with Gasteiger partial charge in [-0.3, -0.25) is 0 Å². The standard InChI is InChI=1S/C17H35N/c1-6-14-8-9-16(13-18-7-2)15(12-14)10-11-17(3,4)5/h14-16,18H,6-13H2,1-5H3. The van der Waals surface area contributed by atoms with Gasteiger partial charge in [-0.1, -0.05) is 47.5 Å². The number of hydrogen-bond donors (Lipinski definition) is 1. The monoisotopic (exact) mass is 253 g/mol. The van der Waals surface area contributed by atoms with E-state index in [9.17, 15) is 0 Å². The Kier molecular flexibility index (Phi) is 6.70. The maximum atomic E-state index is 3.58. The van der Waals surface area contributed by atoms with Gasteiger partial charge >= 0.3 is 0 Å². The molecule has 0 saturated heterocycles. The maximum absolute atomic E-state index is 3.58. The highest BCUT2D eigenvalue weighted by molar-refractivity contribution is 4.82. The highest BCUT2D eigenvalue weighted by Gasteiger charge is 2.30. The van der Waals surface area contributed by atoms with Crippen LogP contribution >= 0.6 is 0 Å². The molecule has 3 atom stereocenters. The van der Waals surface area contributed by atoms with Crippen LogP contribution in [0.5, 0.6) is 0 Å². The predicted molar refractivity (Wildman–Crippen MR) is 81.8 cm³/mol. The molecule has 0 radical (unpaired) electrons. The lowest BCUT2D eigenvalue weighted by atomic mass is 9.70. The quantitative estimate of drug-likeness (QED) is 0.712. The summed E-state index contributed by atoms with van der Waals surface area (Å²) < 4.78 is 0. The summed E-state index contributed by atoms with van der Waals surface area (Å²) in [5, 5.41) is 3.58. The van der Waals surface area contributed by atoms with Crippen molar-refractivity contribution in [3.63, 3.8) is 0 Å². The fourth-order valence-corrected chi connectivity index (χ4v) is 3.37. The van der Waals surface area contributed by atoms with E-state index in [0.717, 1.165) is 24.3 Å². The van der Waals surface area contributed by atoms with E-state index in [1.165, 1.54) is 45.1 Å². The third-order valence-corrected chi connectivity index (χ3v) is 4.75. The van der Waals surface area contributed by atoms with Crippen molar-refractivity contribution in [3.05, 3.63) is 0 Å². The molecule has 0 aromatic heterocycles. The average molecular weight is 253 g/mol. The summed E-state index contributed by atoms with van der Waals surface area (Å²) in [5.74, 6) is 2.92. The number of hydrogen-bond acceptors (Lipinski definition) is 1. The lowest BCUT2D eigenvalue weighted by Crippen LogP contribution is -2.33. The van der Waals surface area contributed by atoms with E-state index in [1.54, 1.807) is 0 Å². The van der Waals surface area contributed by atoms with Crippen molar-refractivity contribution in [2.45, 2.75) is 73.1 Å². The Morgan fingerprint density at radius 1 is 1.06 bits per heavy atom. The zero-order valence-corrected chi connectivity index (χ0v) is 13.4. The third-order valence-electron chi connectivity index (χ3n) is 4.75. The first-order valence-electron chi connectivity index (χ1n) is 8.17. The van der Waals surface area contributed by atoms with Gasteiger partial charge in [0.05, 0.1) is 0 Å². The van der Waals surface area contributed by atoms with Gasteiger partial charge in [0.1, 0.15) is 0 Å². The third kappa shape index (κ3) is 5.73. The van der Waals surface area contributed by atoms with Crippen molar-refractivity contribution in [1.29, 1.82) is 0 Å². The Balaban J connectivity index is 2.48. The molecule has 0 aromatic rings. The average Bonchev–Trinajstić information content (AvgIpc) is 2.33. The summed E-state index contributed by atoms with van der Waals surface area (Å²) in [6.45, 7) is 14.1. The van der Waals surface area contributed by atoms with Crippen LogP contribution in [0, 0.1) is 23.2 Å². The minimum absolute atomic E-state index is 0.502. The fraction of sp³-hybridized carbons (Fsp3) is 1.00. The second-order valence-electron chi connectivity index (χ2n) is 7.51. The molecule has 0 aromatic carbocycles. The van der Waals surface area contributed by atoms with Crippen molar-refractivity contribution in [2.24, 2.45) is 23.2 Å². The van der Waals surface area contributed by atoms with Crippen molar-refractivity contribution in [2.75, 3.05) is 13.1 Å². The zero-order chi connectivity index (χ0) is 13.6. The molecule has 1 N–H and O–H groups in total. The molecule has 1 aliphatic carbocycles. The van der Waals surface area contributed by atoms with E-state index in [-0.39, 0.29) is 0 Å². The van der Waals surface area contributed by atoms with Crippen molar-refractivity contribution < 1.29 is 0 Å². The lowest BCUT2D eigenvalue weighted by Gasteiger charge is -2.37. The van der Waals surface area contributed by atoms with E-state index >= 15 is 0 Å². The highest BCUT2D eigenvalue weighted by Crippen LogP contribution is 2.39. The molecule has 108 valence electrons. The van der Waals surface area contributed by atoms with E-state index in [0.29, 0.717) is 5.41 Å². The van der Waals surface area contributed by atoms with Crippen LogP contribution in [0.3, 0.4) is 0 Å². The first-order chi connectivity index (χ1) is 8.46. The predicted octanol–water partition coefficient (Wildman–Crippen LogP) is 4.86. The summed E-state index contributed by atoms with van der Waals surface area (Å²) in [7, 11) is 0. The van der Waals surface area contributed by atoms with Crippen LogP contribution in [0.15, 0.2) is 0 Å². The summed E-state index contributed by atoms with van der Waals surface area (Å²) >= 11 is 0. The van der Waals surface area contributed by atoms with Crippen LogP contribution < -0.4 is 5.32 Å². The Morgan fingerprint density at radius 2 is 1.78 bits per heavy atom. The van der Waals surface area contributed by atoms with E-state index in [1.807, 2.05) is 0 Å². The molecule has 1 heteroatoms. The van der Waals surface area contributed by atoms with Gasteiger partial charge < -0.3 is 5.32 Å². The van der Waals surface area contributed by atoms with Crippen LogP contribution in [0.25, 0.3) is 0 Å².